The van der Waals surface area contributed by atoms with Gasteiger partial charge in [0, 0.05) is 51.1 Å². The average Bonchev–Trinajstić information content (AvgIpc) is 2.98. The predicted molar refractivity (Wildman–Crippen MR) is 176 cm³/mol. The molecule has 0 unspecified atom stereocenters. The molecule has 0 radical (unpaired) electrons. The monoisotopic (exact) mass is 638 g/mol. The highest BCUT2D eigenvalue weighted by Gasteiger charge is 2.19. The molecule has 0 aliphatic rings. The molecule has 0 aliphatic carbocycles. The number of unbranched alkanes of at least 4 members (excludes halogenated alkanes) is 2. The second-order valence-electron chi connectivity index (χ2n) is 10.2. The van der Waals surface area contributed by atoms with Crippen LogP contribution in [0.15, 0.2) is 82.1 Å². The van der Waals surface area contributed by atoms with E-state index in [0.29, 0.717) is 34.0 Å². The Hall–Kier alpha value is -3.95. The van der Waals surface area contributed by atoms with Crippen LogP contribution in [0.2, 0.25) is 10.0 Å². The summed E-state index contributed by atoms with van der Waals surface area (Å²) in [6.45, 7) is 4.98. The van der Waals surface area contributed by atoms with Crippen molar-refractivity contribution < 1.29 is 18.1 Å². The Morgan fingerprint density at radius 1 is 0.795 bits per heavy atom. The molecule has 4 rings (SSSR count). The van der Waals surface area contributed by atoms with Crippen LogP contribution in [-0.2, 0) is 22.5 Å². The lowest BCUT2D eigenvalue weighted by molar-refractivity contribution is -0.110. The van der Waals surface area contributed by atoms with Crippen LogP contribution in [0.3, 0.4) is 0 Å². The van der Waals surface area contributed by atoms with Crippen molar-refractivity contribution >= 4 is 70.4 Å². The fraction of sp³-hybridized carbons (Fsp3) is 0.242. The summed E-state index contributed by atoms with van der Waals surface area (Å²) < 4.78 is 34.3. The van der Waals surface area contributed by atoms with Gasteiger partial charge in [0.1, 0.15) is 5.76 Å². The molecular weight excluding hydrogens is 608 g/mol. The maximum atomic E-state index is 13.3. The van der Waals surface area contributed by atoms with Crippen molar-refractivity contribution in [2.75, 3.05) is 0 Å². The number of rotatable bonds is 13. The fourth-order valence-electron chi connectivity index (χ4n) is 4.83. The molecule has 0 aliphatic heterocycles. The highest BCUT2D eigenvalue weighted by atomic mass is 35.5. The number of ketones is 1. The molecule has 2 heterocycles. The van der Waals surface area contributed by atoms with E-state index >= 15 is 0 Å². The van der Waals surface area contributed by atoms with Crippen LogP contribution in [-0.4, -0.2) is 22.4 Å². The van der Waals surface area contributed by atoms with Gasteiger partial charge in [0.25, 0.3) is 11.1 Å². The number of fused-ring (bicyclic) bond motifs is 2. The van der Waals surface area contributed by atoms with Gasteiger partial charge < -0.3 is 13.8 Å². The van der Waals surface area contributed by atoms with Crippen molar-refractivity contribution in [1.29, 1.82) is 0 Å². The van der Waals surface area contributed by atoms with Crippen molar-refractivity contribution in [2.24, 2.45) is 0 Å². The lowest BCUT2D eigenvalue weighted by Gasteiger charge is -2.12. The maximum absolute atomic E-state index is 13.3. The summed E-state index contributed by atoms with van der Waals surface area (Å²) in [5.74, 6) is -1.15. The van der Waals surface area contributed by atoms with E-state index in [1.165, 1.54) is 12.2 Å². The smallest absolute Gasteiger partial charge is 0.505 e. The molecule has 228 valence electrons. The zero-order valence-electron chi connectivity index (χ0n) is 24.4. The third-order valence-corrected chi connectivity index (χ3v) is 7.47. The Morgan fingerprint density at radius 3 is 1.73 bits per heavy atom. The molecule has 0 saturated carbocycles. The molecular formula is C33H31BCl2F2N2O4. The highest BCUT2D eigenvalue weighted by molar-refractivity contribution is 6.35. The summed E-state index contributed by atoms with van der Waals surface area (Å²) >= 11 is 12.3. The molecule has 0 N–H and O–H groups in total. The topological polar surface area (TPSA) is 70.3 Å². The molecule has 2 aromatic heterocycles. The molecule has 6 nitrogen and oxygen atoms in total. The van der Waals surface area contributed by atoms with Gasteiger partial charge >= 0.3 is 7.47 Å². The van der Waals surface area contributed by atoms with Gasteiger partial charge in [-0.3, -0.25) is 14.4 Å². The van der Waals surface area contributed by atoms with E-state index in [1.807, 2.05) is 13.8 Å². The number of benzene rings is 2. The fourth-order valence-corrected chi connectivity index (χ4v) is 5.20. The van der Waals surface area contributed by atoms with Crippen LogP contribution in [0, 0.1) is 0 Å². The summed E-state index contributed by atoms with van der Waals surface area (Å²) in [4.78, 5) is 39.3. The van der Waals surface area contributed by atoms with Gasteiger partial charge in [-0.05, 0) is 85.7 Å². The number of nitrogens with zero attached hydrogens (tertiary/aromatic N) is 2. The van der Waals surface area contributed by atoms with Crippen molar-refractivity contribution in [3.63, 3.8) is 0 Å². The van der Waals surface area contributed by atoms with Crippen LogP contribution in [0.5, 0.6) is 0 Å². The van der Waals surface area contributed by atoms with E-state index in [4.69, 9.17) is 23.2 Å². The molecule has 0 atom stereocenters. The number of aryl methyl sites for hydroxylation is 2. The zero-order valence-corrected chi connectivity index (χ0v) is 25.9. The van der Waals surface area contributed by atoms with Crippen LogP contribution in [0.4, 0.5) is 8.63 Å². The number of allylic oxidation sites excluding steroid dienone is 3. The van der Waals surface area contributed by atoms with Crippen molar-refractivity contribution in [1.82, 2.24) is 9.13 Å². The number of halogens is 4. The van der Waals surface area contributed by atoms with E-state index in [-0.39, 0.29) is 22.2 Å². The van der Waals surface area contributed by atoms with Gasteiger partial charge in [-0.1, -0.05) is 49.9 Å². The molecule has 0 saturated heterocycles. The summed E-state index contributed by atoms with van der Waals surface area (Å²) in [6, 6.07) is 13.6. The summed E-state index contributed by atoms with van der Waals surface area (Å²) in [7, 11) is -3.21. The first-order chi connectivity index (χ1) is 21.1. The van der Waals surface area contributed by atoms with Crippen LogP contribution in [0.1, 0.15) is 50.7 Å². The largest absolute Gasteiger partial charge is 0.796 e. The van der Waals surface area contributed by atoms with Crippen LogP contribution in [0.25, 0.3) is 34.0 Å². The Kier molecular flexibility index (Phi) is 11.4. The number of hydrogen-bond donors (Lipinski definition) is 0. The third-order valence-electron chi connectivity index (χ3n) is 7.00. The first kappa shape index (κ1) is 33.0. The summed E-state index contributed by atoms with van der Waals surface area (Å²) in [5.41, 5.74) is 1.27. The van der Waals surface area contributed by atoms with E-state index in [9.17, 15) is 23.0 Å². The van der Waals surface area contributed by atoms with Gasteiger partial charge in [-0.15, -0.1) is 0 Å². The molecule has 0 fully saturated rings. The number of hydrogen-bond acceptors (Lipinski definition) is 4. The van der Waals surface area contributed by atoms with E-state index in [2.05, 4.69) is 4.65 Å². The van der Waals surface area contributed by atoms with Gasteiger partial charge in [0.05, 0.1) is 11.0 Å². The zero-order chi connectivity index (χ0) is 31.8. The van der Waals surface area contributed by atoms with Crippen molar-refractivity contribution in [3.8, 4) is 0 Å². The van der Waals surface area contributed by atoms with E-state index < -0.39 is 19.0 Å². The maximum Gasteiger partial charge on any atom is 0.796 e. The first-order valence-corrected chi connectivity index (χ1v) is 15.1. The van der Waals surface area contributed by atoms with Crippen LogP contribution < -0.4 is 11.1 Å². The predicted octanol–water partition coefficient (Wildman–Crippen LogP) is 8.34. The second-order valence-corrected chi connectivity index (χ2v) is 11.1. The molecule has 4 aromatic rings. The molecule has 2 aromatic carbocycles. The molecule has 0 bridgehead atoms. The van der Waals surface area contributed by atoms with Crippen molar-refractivity contribution in [2.45, 2.75) is 52.6 Å². The Bertz CT molecular complexity index is 1900. The number of carbonyl (C=O) groups is 1. The number of aromatic nitrogens is 2. The SMILES string of the molecule is CCCCn1c(=O)c(/C=C/C(=O)/C=C(/C=C/c2cc3cc(Cl)ccc3n(CCCC)c2=O)OB(F)F)cc2cc(Cl)ccc21. The summed E-state index contributed by atoms with van der Waals surface area (Å²) in [5, 5.41) is 2.41. The first-order valence-electron chi connectivity index (χ1n) is 14.3. The van der Waals surface area contributed by atoms with E-state index in [0.717, 1.165) is 54.8 Å². The number of carbonyl (C=O) groups excluding carboxylic acids is 1. The average molecular weight is 639 g/mol. The third kappa shape index (κ3) is 8.15. The highest BCUT2D eigenvalue weighted by Crippen LogP contribution is 2.22. The van der Waals surface area contributed by atoms with Gasteiger partial charge in [-0.2, -0.15) is 0 Å². The van der Waals surface area contributed by atoms with Gasteiger partial charge in [-0.25, -0.2) is 8.63 Å². The lowest BCUT2D eigenvalue weighted by Crippen LogP contribution is -2.22. The standard InChI is InChI=1S/C33H31BCl2F2N2O4/c1-3-5-15-39-30-13-9-26(35)19-24(30)17-22(32(39)42)7-11-28(41)21-29(44-34(37)38)12-8-23-18-25-20-27(36)10-14-31(25)40(33(23)43)16-6-4-2/h7-14,17-21H,3-6,15-16H2,1-2H3/b11-7+,12-8+,29-21-. The minimum Gasteiger partial charge on any atom is -0.505 e. The quantitative estimate of drug-likeness (QED) is 0.0639. The van der Waals surface area contributed by atoms with Gasteiger partial charge in [0.15, 0.2) is 5.78 Å². The lowest BCUT2D eigenvalue weighted by atomic mass is 10.1. The Morgan fingerprint density at radius 2 is 1.27 bits per heavy atom. The molecule has 0 amide bonds. The normalized spacial score (nSPS) is 12.2. The minimum absolute atomic E-state index is 0.213. The Labute approximate surface area is 264 Å². The Balaban J connectivity index is 1.68. The molecule has 0 spiro atoms. The summed E-state index contributed by atoms with van der Waals surface area (Å²) in [6.07, 6.45) is 9.08. The molecule has 44 heavy (non-hydrogen) atoms. The van der Waals surface area contributed by atoms with Crippen molar-refractivity contribution in [3.05, 3.63) is 114 Å². The molecule has 11 heteroatoms. The van der Waals surface area contributed by atoms with E-state index in [1.54, 1.807) is 57.7 Å². The van der Waals surface area contributed by atoms with Crippen LogP contribution >= 0.6 is 23.2 Å². The van der Waals surface area contributed by atoms with Gasteiger partial charge in [0.2, 0.25) is 0 Å². The number of pyridine rings is 2. The minimum atomic E-state index is -3.21. The second kappa shape index (κ2) is 15.2.